The Balaban J connectivity index is 1.98. The van der Waals surface area contributed by atoms with Crippen LogP contribution in [0, 0.1) is 36.0 Å². The minimum atomic E-state index is -4.04. The summed E-state index contributed by atoms with van der Waals surface area (Å²) in [5.41, 5.74) is -0.991. The Labute approximate surface area is 154 Å². The predicted molar refractivity (Wildman–Crippen MR) is 89.3 cm³/mol. The predicted octanol–water partition coefficient (Wildman–Crippen LogP) is 4.61. The third-order valence-corrected chi connectivity index (χ3v) is 5.76. The molecular formula is C16H9F5N2O2S2. The second-order valence-electron chi connectivity index (χ2n) is 5.40. The maximum absolute atomic E-state index is 13.8. The van der Waals surface area contributed by atoms with Crippen LogP contribution in [0.4, 0.5) is 27.1 Å². The first-order chi connectivity index (χ1) is 12.6. The highest BCUT2D eigenvalue weighted by Gasteiger charge is 2.28. The van der Waals surface area contributed by atoms with Crippen LogP contribution in [0.15, 0.2) is 34.5 Å². The van der Waals surface area contributed by atoms with Crippen LogP contribution in [0.5, 0.6) is 0 Å². The zero-order valence-electron chi connectivity index (χ0n) is 13.4. The molecule has 11 heteroatoms. The van der Waals surface area contributed by atoms with Crippen molar-refractivity contribution < 1.29 is 30.4 Å². The van der Waals surface area contributed by atoms with Gasteiger partial charge < -0.3 is 0 Å². The van der Waals surface area contributed by atoms with Gasteiger partial charge in [0.15, 0.2) is 28.4 Å². The van der Waals surface area contributed by atoms with Crippen LogP contribution in [0.3, 0.4) is 0 Å². The number of thiazole rings is 1. The number of benzene rings is 2. The number of anilines is 1. The molecule has 142 valence electrons. The molecule has 0 aliphatic heterocycles. The first kappa shape index (κ1) is 19.2. The van der Waals surface area contributed by atoms with Crippen molar-refractivity contribution in [3.63, 3.8) is 0 Å². The number of hydrogen-bond acceptors (Lipinski definition) is 4. The van der Waals surface area contributed by atoms with Crippen molar-refractivity contribution in [3.8, 4) is 11.3 Å². The minimum absolute atomic E-state index is 0.0823. The zero-order chi connectivity index (χ0) is 19.9. The zero-order valence-corrected chi connectivity index (χ0v) is 15.0. The van der Waals surface area contributed by atoms with Crippen LogP contribution in [0.1, 0.15) is 5.56 Å². The number of halogens is 5. The lowest BCUT2D eigenvalue weighted by molar-refractivity contribution is 0.381. The fraction of sp³-hybridized carbons (Fsp3) is 0.0625. The molecule has 27 heavy (non-hydrogen) atoms. The lowest BCUT2D eigenvalue weighted by Crippen LogP contribution is -2.12. The molecule has 1 N–H and O–H groups in total. The standard InChI is InChI=1S/C16H9F5N2O2S2/c1-7-2-4-8(5-3-7)27(24,25)23-16-22-9(6-26-16)10-11(17)13(19)15(21)14(20)12(10)18/h2-6H,1H3,(H,22,23). The van der Waals surface area contributed by atoms with Crippen LogP contribution >= 0.6 is 11.3 Å². The number of sulfonamides is 1. The molecule has 3 aromatic rings. The van der Waals surface area contributed by atoms with Crippen LogP contribution in [0.25, 0.3) is 11.3 Å². The summed E-state index contributed by atoms with van der Waals surface area (Å²) in [5, 5.41) is 0.681. The van der Waals surface area contributed by atoms with E-state index in [1.807, 2.05) is 0 Å². The van der Waals surface area contributed by atoms with E-state index in [0.29, 0.717) is 11.3 Å². The maximum Gasteiger partial charge on any atom is 0.263 e. The van der Waals surface area contributed by atoms with E-state index in [9.17, 15) is 30.4 Å². The van der Waals surface area contributed by atoms with Gasteiger partial charge in [0.1, 0.15) is 0 Å². The largest absolute Gasteiger partial charge is 0.263 e. The fourth-order valence-electron chi connectivity index (χ4n) is 2.16. The highest BCUT2D eigenvalue weighted by atomic mass is 32.2. The quantitative estimate of drug-likeness (QED) is 0.381. The first-order valence-electron chi connectivity index (χ1n) is 7.18. The normalized spacial score (nSPS) is 11.6. The average Bonchev–Trinajstić information content (AvgIpc) is 3.06. The molecule has 0 saturated heterocycles. The SMILES string of the molecule is Cc1ccc(S(=O)(=O)Nc2nc(-c3c(F)c(F)c(F)c(F)c3F)cs2)cc1. The molecule has 0 saturated carbocycles. The molecule has 0 radical (unpaired) electrons. The summed E-state index contributed by atoms with van der Waals surface area (Å²) in [5.74, 6) is -10.6. The average molecular weight is 420 g/mol. The monoisotopic (exact) mass is 420 g/mol. The molecule has 0 bridgehead atoms. The number of hydrogen-bond donors (Lipinski definition) is 1. The summed E-state index contributed by atoms with van der Waals surface area (Å²) in [6.07, 6.45) is 0. The van der Waals surface area contributed by atoms with Gasteiger partial charge in [-0.2, -0.15) is 0 Å². The van der Waals surface area contributed by atoms with Crippen molar-refractivity contribution >= 4 is 26.5 Å². The van der Waals surface area contributed by atoms with E-state index in [0.717, 1.165) is 10.9 Å². The highest BCUT2D eigenvalue weighted by Crippen LogP contribution is 2.33. The summed E-state index contributed by atoms with van der Waals surface area (Å²) < 4.78 is 94.1. The summed E-state index contributed by atoms with van der Waals surface area (Å²) in [7, 11) is -4.04. The van der Waals surface area contributed by atoms with Crippen LogP contribution in [0.2, 0.25) is 0 Å². The molecule has 1 aromatic heterocycles. The third kappa shape index (κ3) is 3.52. The van der Waals surface area contributed by atoms with Gasteiger partial charge in [-0.05, 0) is 19.1 Å². The van der Waals surface area contributed by atoms with E-state index in [4.69, 9.17) is 0 Å². The third-order valence-electron chi connectivity index (χ3n) is 3.52. The van der Waals surface area contributed by atoms with E-state index < -0.39 is 50.4 Å². The molecular weight excluding hydrogens is 411 g/mol. The Morgan fingerprint density at radius 2 is 1.41 bits per heavy atom. The molecule has 0 amide bonds. The molecule has 0 aliphatic carbocycles. The Bertz CT molecular complexity index is 1100. The van der Waals surface area contributed by atoms with Gasteiger partial charge in [-0.15, -0.1) is 11.3 Å². The number of nitrogens with zero attached hydrogens (tertiary/aromatic N) is 1. The number of nitrogens with one attached hydrogen (secondary N) is 1. The summed E-state index contributed by atoms with van der Waals surface area (Å²) in [6, 6.07) is 5.82. The smallest absolute Gasteiger partial charge is 0.255 e. The van der Waals surface area contributed by atoms with Crippen LogP contribution in [-0.4, -0.2) is 13.4 Å². The van der Waals surface area contributed by atoms with Crippen molar-refractivity contribution in [1.29, 1.82) is 0 Å². The number of aryl methyl sites for hydroxylation is 1. The topological polar surface area (TPSA) is 59.1 Å². The van der Waals surface area contributed by atoms with Gasteiger partial charge >= 0.3 is 0 Å². The molecule has 0 unspecified atom stereocenters. The molecule has 0 fully saturated rings. The molecule has 0 aliphatic rings. The lowest BCUT2D eigenvalue weighted by atomic mass is 10.1. The van der Waals surface area contributed by atoms with Crippen molar-refractivity contribution in [2.45, 2.75) is 11.8 Å². The summed E-state index contributed by atoms with van der Waals surface area (Å²) in [4.78, 5) is 3.55. The van der Waals surface area contributed by atoms with Gasteiger partial charge in [0.2, 0.25) is 5.82 Å². The Hall–Kier alpha value is -2.53. The van der Waals surface area contributed by atoms with Gasteiger partial charge in [-0.3, -0.25) is 4.72 Å². The molecule has 1 heterocycles. The van der Waals surface area contributed by atoms with Gasteiger partial charge in [0, 0.05) is 5.38 Å². The Morgan fingerprint density at radius 3 is 1.96 bits per heavy atom. The second-order valence-corrected chi connectivity index (χ2v) is 7.94. The lowest BCUT2D eigenvalue weighted by Gasteiger charge is -2.06. The van der Waals surface area contributed by atoms with Crippen molar-refractivity contribution in [1.82, 2.24) is 4.98 Å². The van der Waals surface area contributed by atoms with E-state index in [1.54, 1.807) is 19.1 Å². The van der Waals surface area contributed by atoms with Crippen molar-refractivity contribution in [2.24, 2.45) is 0 Å². The molecule has 2 aromatic carbocycles. The van der Waals surface area contributed by atoms with Crippen molar-refractivity contribution in [2.75, 3.05) is 4.72 Å². The van der Waals surface area contributed by atoms with Gasteiger partial charge in [0.25, 0.3) is 10.0 Å². The second kappa shape index (κ2) is 6.89. The Morgan fingerprint density at radius 1 is 0.889 bits per heavy atom. The van der Waals surface area contributed by atoms with Gasteiger partial charge in [-0.1, -0.05) is 17.7 Å². The first-order valence-corrected chi connectivity index (χ1v) is 9.55. The van der Waals surface area contributed by atoms with Crippen LogP contribution < -0.4 is 4.72 Å². The molecule has 0 spiro atoms. The van der Waals surface area contributed by atoms with Gasteiger partial charge in [-0.25, -0.2) is 35.4 Å². The number of aromatic nitrogens is 1. The van der Waals surface area contributed by atoms with E-state index in [1.165, 1.54) is 12.1 Å². The Kier molecular flexibility index (Phi) is 4.91. The van der Waals surface area contributed by atoms with Crippen molar-refractivity contribution in [3.05, 3.63) is 64.3 Å². The van der Waals surface area contributed by atoms with E-state index >= 15 is 0 Å². The number of rotatable bonds is 4. The maximum atomic E-state index is 13.8. The highest BCUT2D eigenvalue weighted by molar-refractivity contribution is 7.93. The molecule has 4 nitrogen and oxygen atoms in total. The van der Waals surface area contributed by atoms with E-state index in [2.05, 4.69) is 9.71 Å². The molecule has 3 rings (SSSR count). The van der Waals surface area contributed by atoms with Crippen LogP contribution in [-0.2, 0) is 10.0 Å². The molecule has 0 atom stereocenters. The van der Waals surface area contributed by atoms with Gasteiger partial charge in [0.05, 0.1) is 16.2 Å². The fourth-order valence-corrected chi connectivity index (χ4v) is 4.11. The minimum Gasteiger partial charge on any atom is -0.255 e. The van der Waals surface area contributed by atoms with E-state index in [-0.39, 0.29) is 10.0 Å². The summed E-state index contributed by atoms with van der Waals surface area (Å²) >= 11 is 0.629. The summed E-state index contributed by atoms with van der Waals surface area (Å²) in [6.45, 7) is 1.76.